The molecule has 2 amide bonds. The minimum atomic E-state index is -1.14. The van der Waals surface area contributed by atoms with E-state index in [1.54, 1.807) is 12.4 Å². The van der Waals surface area contributed by atoms with Gasteiger partial charge in [-0.05, 0) is 31.3 Å². The Hall–Kier alpha value is -3.52. The Morgan fingerprint density at radius 1 is 1.26 bits per heavy atom. The molecule has 10 nitrogen and oxygen atoms in total. The SMILES string of the molecule is C#Cc1cnc(C2=CCN(c3nc4c(c(NC5(CNC(N)=O)CCC5)n3)[S@](=O)CC4)CC2)nc1. The number of carbonyl (C=O) groups excluding carboxylic acids is 1. The fourth-order valence-electron chi connectivity index (χ4n) is 4.49. The number of nitrogens with one attached hydrogen (secondary N) is 2. The lowest BCUT2D eigenvalue weighted by Crippen LogP contribution is -2.54. The minimum absolute atomic E-state index is 0.335. The quantitative estimate of drug-likeness (QED) is 0.527. The first kappa shape index (κ1) is 22.3. The molecule has 2 aromatic heterocycles. The minimum Gasteiger partial charge on any atom is -0.362 e. The third-order valence-electron chi connectivity index (χ3n) is 6.57. The van der Waals surface area contributed by atoms with Gasteiger partial charge in [0.05, 0.1) is 27.6 Å². The molecule has 4 N–H and O–H groups in total. The Labute approximate surface area is 200 Å². The average Bonchev–Trinajstić information content (AvgIpc) is 3.21. The number of anilines is 2. The molecular formula is C23H26N8O2S. The van der Waals surface area contributed by atoms with E-state index in [4.69, 9.17) is 22.1 Å². The second-order valence-corrected chi connectivity index (χ2v) is 10.3. The van der Waals surface area contributed by atoms with Crippen molar-refractivity contribution in [3.63, 3.8) is 0 Å². The van der Waals surface area contributed by atoms with Gasteiger partial charge in [-0.1, -0.05) is 12.0 Å². The van der Waals surface area contributed by atoms with Crippen LogP contribution >= 0.6 is 0 Å². The van der Waals surface area contributed by atoms with E-state index in [2.05, 4.69) is 37.5 Å². The largest absolute Gasteiger partial charge is 0.362 e. The monoisotopic (exact) mass is 478 g/mol. The molecule has 1 saturated carbocycles. The molecule has 1 atom stereocenters. The van der Waals surface area contributed by atoms with Crippen molar-refractivity contribution >= 4 is 34.2 Å². The molecular weight excluding hydrogens is 452 g/mol. The lowest BCUT2D eigenvalue weighted by atomic mass is 9.76. The fraction of sp³-hybridized carbons (Fsp3) is 0.435. The highest BCUT2D eigenvalue weighted by molar-refractivity contribution is 7.85. The first-order valence-electron chi connectivity index (χ1n) is 11.3. The van der Waals surface area contributed by atoms with Crippen LogP contribution in [0.1, 0.15) is 42.8 Å². The Morgan fingerprint density at radius 3 is 2.68 bits per heavy atom. The smallest absolute Gasteiger partial charge is 0.312 e. The second kappa shape index (κ2) is 9.02. The number of rotatable bonds is 6. The number of amides is 2. The summed E-state index contributed by atoms with van der Waals surface area (Å²) in [6, 6.07) is -0.556. The van der Waals surface area contributed by atoms with Crippen LogP contribution in [0.3, 0.4) is 0 Å². The number of fused-ring (bicyclic) bond motifs is 1. The number of nitrogens with two attached hydrogens (primary N) is 1. The summed E-state index contributed by atoms with van der Waals surface area (Å²) in [6.07, 6.45) is 15.0. The number of aromatic nitrogens is 4. The van der Waals surface area contributed by atoms with Crippen LogP contribution < -0.4 is 21.3 Å². The van der Waals surface area contributed by atoms with Gasteiger partial charge in [0, 0.05) is 44.2 Å². The summed E-state index contributed by atoms with van der Waals surface area (Å²) in [6.45, 7) is 1.73. The van der Waals surface area contributed by atoms with Crippen LogP contribution in [-0.4, -0.2) is 61.1 Å². The summed E-state index contributed by atoms with van der Waals surface area (Å²) in [7, 11) is -1.14. The maximum Gasteiger partial charge on any atom is 0.312 e. The van der Waals surface area contributed by atoms with Gasteiger partial charge < -0.3 is 21.3 Å². The van der Waals surface area contributed by atoms with Crippen LogP contribution in [0.2, 0.25) is 0 Å². The number of hydrogen-bond acceptors (Lipinski definition) is 8. The van der Waals surface area contributed by atoms with Gasteiger partial charge in [0.2, 0.25) is 5.95 Å². The molecule has 5 rings (SSSR count). The number of aryl methyl sites for hydroxylation is 1. The van der Waals surface area contributed by atoms with Gasteiger partial charge in [-0.25, -0.2) is 19.7 Å². The highest BCUT2D eigenvalue weighted by Crippen LogP contribution is 2.38. The van der Waals surface area contributed by atoms with Crippen LogP contribution in [0.4, 0.5) is 16.6 Å². The molecule has 0 saturated heterocycles. The highest BCUT2D eigenvalue weighted by Gasteiger charge is 2.39. The maximum atomic E-state index is 12.7. The Bertz CT molecular complexity index is 1220. The van der Waals surface area contributed by atoms with Gasteiger partial charge >= 0.3 is 6.03 Å². The van der Waals surface area contributed by atoms with E-state index in [0.717, 1.165) is 37.0 Å². The van der Waals surface area contributed by atoms with Gasteiger partial charge in [0.25, 0.3) is 0 Å². The lowest BCUT2D eigenvalue weighted by molar-refractivity contribution is 0.233. The first-order valence-corrected chi connectivity index (χ1v) is 12.6. The predicted octanol–water partition coefficient (Wildman–Crippen LogP) is 1.21. The molecule has 3 aliphatic rings. The molecule has 0 spiro atoms. The molecule has 11 heteroatoms. The molecule has 0 radical (unpaired) electrons. The molecule has 1 aliphatic carbocycles. The van der Waals surface area contributed by atoms with Crippen molar-refractivity contribution in [2.24, 2.45) is 5.73 Å². The number of nitrogens with zero attached hydrogens (tertiary/aromatic N) is 5. The molecule has 4 heterocycles. The van der Waals surface area contributed by atoms with Crippen molar-refractivity contribution in [3.8, 4) is 12.3 Å². The Kier molecular flexibility index (Phi) is 5.91. The van der Waals surface area contributed by atoms with Crippen LogP contribution in [0, 0.1) is 12.3 Å². The maximum absolute atomic E-state index is 12.7. The van der Waals surface area contributed by atoms with Gasteiger partial charge in [0.1, 0.15) is 10.7 Å². The normalized spacial score (nSPS) is 20.5. The summed E-state index contributed by atoms with van der Waals surface area (Å²) in [5.41, 5.74) is 7.50. The van der Waals surface area contributed by atoms with Crippen LogP contribution in [0.5, 0.6) is 0 Å². The number of urea groups is 1. The van der Waals surface area contributed by atoms with Crippen LogP contribution in [0.15, 0.2) is 23.4 Å². The zero-order valence-corrected chi connectivity index (χ0v) is 19.5. The summed E-state index contributed by atoms with van der Waals surface area (Å²) >= 11 is 0. The van der Waals surface area contributed by atoms with Crippen LogP contribution in [-0.2, 0) is 17.2 Å². The van der Waals surface area contributed by atoms with E-state index in [0.29, 0.717) is 59.9 Å². The van der Waals surface area contributed by atoms with E-state index < -0.39 is 16.8 Å². The number of terminal acetylenes is 1. The van der Waals surface area contributed by atoms with Crippen molar-refractivity contribution in [1.29, 1.82) is 0 Å². The summed E-state index contributed by atoms with van der Waals surface area (Å²) in [5.74, 6) is 4.96. The van der Waals surface area contributed by atoms with E-state index in [1.807, 2.05) is 0 Å². The highest BCUT2D eigenvalue weighted by atomic mass is 32.2. The number of hydrogen-bond donors (Lipinski definition) is 3. The van der Waals surface area contributed by atoms with Crippen molar-refractivity contribution in [2.75, 3.05) is 35.6 Å². The molecule has 2 aromatic rings. The predicted molar refractivity (Wildman–Crippen MR) is 130 cm³/mol. The third-order valence-corrected chi connectivity index (χ3v) is 8.03. The molecule has 0 unspecified atom stereocenters. The summed E-state index contributed by atoms with van der Waals surface area (Å²) in [5, 5.41) is 6.22. The van der Waals surface area contributed by atoms with E-state index in [9.17, 15) is 9.00 Å². The third kappa shape index (κ3) is 4.33. The van der Waals surface area contributed by atoms with Crippen molar-refractivity contribution < 1.29 is 9.00 Å². The lowest BCUT2D eigenvalue weighted by Gasteiger charge is -2.43. The second-order valence-electron chi connectivity index (χ2n) is 8.79. The molecule has 2 aliphatic heterocycles. The number of carbonyl (C=O) groups is 1. The standard InChI is InChI=1S/C23H26N8O2S/c1-2-15-12-25-19(26-13-15)16-4-9-31(10-5-16)22-28-17-6-11-34(33)18(17)20(29-22)30-23(7-3-8-23)14-27-21(24)32/h1,4,12-13H,3,5-11,14H2,(H3,24,27,32)(H,28,29,30)/t34-/m1/s1. The van der Waals surface area contributed by atoms with Crippen molar-refractivity contribution in [1.82, 2.24) is 25.3 Å². The van der Waals surface area contributed by atoms with E-state index >= 15 is 0 Å². The average molecular weight is 479 g/mol. The molecule has 1 fully saturated rings. The van der Waals surface area contributed by atoms with Crippen LogP contribution in [0.25, 0.3) is 5.57 Å². The number of primary amides is 1. The molecule has 176 valence electrons. The molecule has 0 bridgehead atoms. The zero-order chi connectivity index (χ0) is 23.7. The van der Waals surface area contributed by atoms with Gasteiger partial charge in [0.15, 0.2) is 5.82 Å². The van der Waals surface area contributed by atoms with Gasteiger partial charge in [-0.2, -0.15) is 4.98 Å². The first-order chi connectivity index (χ1) is 16.5. The topological polar surface area (TPSA) is 139 Å². The van der Waals surface area contributed by atoms with Crippen molar-refractivity contribution in [2.45, 2.75) is 42.5 Å². The van der Waals surface area contributed by atoms with Crippen molar-refractivity contribution in [3.05, 3.63) is 35.6 Å². The van der Waals surface area contributed by atoms with E-state index in [-0.39, 0.29) is 5.54 Å². The fourth-order valence-corrected chi connectivity index (χ4v) is 5.80. The van der Waals surface area contributed by atoms with E-state index in [1.165, 1.54) is 0 Å². The zero-order valence-electron chi connectivity index (χ0n) is 18.7. The molecule has 34 heavy (non-hydrogen) atoms. The molecule has 0 aromatic carbocycles. The Balaban J connectivity index is 1.39. The van der Waals surface area contributed by atoms with Gasteiger partial charge in [-0.15, -0.1) is 6.42 Å². The van der Waals surface area contributed by atoms with Gasteiger partial charge in [-0.3, -0.25) is 4.21 Å². The summed E-state index contributed by atoms with van der Waals surface area (Å²) < 4.78 is 12.7. The summed E-state index contributed by atoms with van der Waals surface area (Å²) in [4.78, 5) is 32.4. The Morgan fingerprint density at radius 2 is 2.06 bits per heavy atom.